The summed E-state index contributed by atoms with van der Waals surface area (Å²) < 4.78 is 10.8. The summed E-state index contributed by atoms with van der Waals surface area (Å²) in [6.45, 7) is 3.99. The van der Waals surface area contributed by atoms with Crippen LogP contribution in [0.25, 0.3) is 0 Å². The molecule has 3 aromatic carbocycles. The number of nitrogens with zero attached hydrogens (tertiary/aromatic N) is 2. The monoisotopic (exact) mass is 533 g/mol. The van der Waals surface area contributed by atoms with Crippen molar-refractivity contribution in [3.63, 3.8) is 0 Å². The van der Waals surface area contributed by atoms with Crippen LogP contribution in [-0.4, -0.2) is 71.4 Å². The van der Waals surface area contributed by atoms with E-state index in [1.165, 1.54) is 23.9 Å². The third-order valence-corrected chi connectivity index (χ3v) is 7.40. The van der Waals surface area contributed by atoms with Crippen LogP contribution >= 0.6 is 11.8 Å². The summed E-state index contributed by atoms with van der Waals surface area (Å²) in [4.78, 5) is 42.0. The van der Waals surface area contributed by atoms with Gasteiger partial charge in [0.2, 0.25) is 12.7 Å². The number of hydrogen-bond acceptors (Lipinski definition) is 7. The first-order valence-electron chi connectivity index (χ1n) is 12.2. The third kappa shape index (κ3) is 6.09. The Morgan fingerprint density at radius 1 is 0.868 bits per heavy atom. The molecule has 0 aromatic heterocycles. The lowest BCUT2D eigenvalue weighted by Gasteiger charge is -2.34. The number of carbonyl (C=O) groups is 3. The molecule has 5 rings (SSSR count). The van der Waals surface area contributed by atoms with Crippen molar-refractivity contribution in [1.82, 2.24) is 9.80 Å². The van der Waals surface area contributed by atoms with E-state index in [1.807, 2.05) is 29.2 Å². The fourth-order valence-corrected chi connectivity index (χ4v) is 5.28. The number of carboxylic acids is 1. The molecule has 10 heteroatoms. The molecule has 0 unspecified atom stereocenters. The number of ether oxygens (including phenoxy) is 2. The first-order valence-corrected chi connectivity index (χ1v) is 13.2. The highest BCUT2D eigenvalue weighted by Gasteiger charge is 2.22. The van der Waals surface area contributed by atoms with E-state index in [2.05, 4.69) is 10.2 Å². The summed E-state index contributed by atoms with van der Waals surface area (Å²) in [5, 5.41) is 12.1. The number of amides is 2. The molecule has 0 atom stereocenters. The molecular formula is C28H27N3O6S. The van der Waals surface area contributed by atoms with Crippen molar-refractivity contribution in [2.75, 3.05) is 44.0 Å². The van der Waals surface area contributed by atoms with Gasteiger partial charge in [-0.05, 0) is 48.0 Å². The number of piperazine rings is 1. The molecule has 2 aliphatic heterocycles. The zero-order chi connectivity index (χ0) is 26.5. The van der Waals surface area contributed by atoms with Crippen LogP contribution in [0.2, 0.25) is 0 Å². The molecule has 2 amide bonds. The Morgan fingerprint density at radius 3 is 2.42 bits per heavy atom. The van der Waals surface area contributed by atoms with Gasteiger partial charge >= 0.3 is 5.97 Å². The van der Waals surface area contributed by atoms with E-state index >= 15 is 0 Å². The number of carboxylic acid groups (broad SMARTS) is 1. The number of nitrogens with one attached hydrogen (secondary N) is 1. The van der Waals surface area contributed by atoms with Crippen molar-refractivity contribution in [1.29, 1.82) is 0 Å². The van der Waals surface area contributed by atoms with Crippen molar-refractivity contribution < 1.29 is 29.0 Å². The van der Waals surface area contributed by atoms with Gasteiger partial charge in [-0.15, -0.1) is 11.8 Å². The molecule has 2 heterocycles. The quantitative estimate of drug-likeness (QED) is 0.421. The molecule has 0 radical (unpaired) electrons. The number of thioether (sulfide) groups is 1. The molecular weight excluding hydrogens is 506 g/mol. The maximum absolute atomic E-state index is 12.8. The zero-order valence-electron chi connectivity index (χ0n) is 20.6. The summed E-state index contributed by atoms with van der Waals surface area (Å²) in [7, 11) is 0. The molecule has 0 spiro atoms. The maximum Gasteiger partial charge on any atom is 0.336 e. The van der Waals surface area contributed by atoms with E-state index in [9.17, 15) is 19.5 Å². The molecule has 38 heavy (non-hydrogen) atoms. The number of hydrogen-bond donors (Lipinski definition) is 2. The van der Waals surface area contributed by atoms with Gasteiger partial charge in [0, 0.05) is 43.3 Å². The van der Waals surface area contributed by atoms with Crippen molar-refractivity contribution in [3.05, 3.63) is 83.4 Å². The number of carbonyl (C=O) groups excluding carboxylic acids is 2. The molecule has 1 fully saturated rings. The highest BCUT2D eigenvalue weighted by atomic mass is 32.2. The van der Waals surface area contributed by atoms with Gasteiger partial charge in [0.25, 0.3) is 5.91 Å². The van der Waals surface area contributed by atoms with Crippen molar-refractivity contribution in [3.8, 4) is 11.5 Å². The first-order chi connectivity index (χ1) is 18.5. The predicted octanol–water partition coefficient (Wildman–Crippen LogP) is 3.80. The van der Waals surface area contributed by atoms with Crippen LogP contribution in [0.5, 0.6) is 11.5 Å². The Bertz CT molecular complexity index is 1360. The molecule has 2 N–H and O–H groups in total. The van der Waals surface area contributed by atoms with E-state index in [-0.39, 0.29) is 23.8 Å². The molecule has 9 nitrogen and oxygen atoms in total. The standard InChI is InChI=1S/C28H27N3O6S/c32-26(31-12-10-30(11-13-31)16-19-8-9-24-25(14-19)37-18-36-24)17-38-21-5-3-4-20(15-21)29-27(33)22-6-1-2-7-23(22)28(34)35/h1-9,14-15H,10-13,16-18H2,(H,29,33)(H,34,35). The first kappa shape index (κ1) is 25.6. The van der Waals surface area contributed by atoms with Gasteiger partial charge in [-0.1, -0.05) is 24.3 Å². The summed E-state index contributed by atoms with van der Waals surface area (Å²) in [6.07, 6.45) is 0. The number of anilines is 1. The fourth-order valence-electron chi connectivity index (χ4n) is 4.42. The molecule has 0 aliphatic carbocycles. The van der Waals surface area contributed by atoms with E-state index in [0.29, 0.717) is 24.5 Å². The second kappa shape index (κ2) is 11.6. The van der Waals surface area contributed by atoms with Crippen LogP contribution in [0.3, 0.4) is 0 Å². The van der Waals surface area contributed by atoms with Gasteiger partial charge in [-0.25, -0.2) is 4.79 Å². The minimum absolute atomic E-state index is 0.0582. The molecule has 2 aliphatic rings. The van der Waals surface area contributed by atoms with Gasteiger partial charge < -0.3 is 24.8 Å². The minimum atomic E-state index is -1.16. The van der Waals surface area contributed by atoms with E-state index in [4.69, 9.17) is 9.47 Å². The lowest BCUT2D eigenvalue weighted by atomic mass is 10.1. The number of benzene rings is 3. The molecule has 3 aromatic rings. The lowest BCUT2D eigenvalue weighted by Crippen LogP contribution is -2.48. The summed E-state index contributed by atoms with van der Waals surface area (Å²) in [6, 6.07) is 19.2. The van der Waals surface area contributed by atoms with Crippen LogP contribution in [-0.2, 0) is 11.3 Å². The van der Waals surface area contributed by atoms with E-state index < -0.39 is 11.9 Å². The van der Waals surface area contributed by atoms with E-state index in [1.54, 1.807) is 30.3 Å². The lowest BCUT2D eigenvalue weighted by molar-refractivity contribution is -0.130. The second-order valence-corrected chi connectivity index (χ2v) is 10.0. The molecule has 196 valence electrons. The predicted molar refractivity (Wildman–Crippen MR) is 143 cm³/mol. The van der Waals surface area contributed by atoms with Crippen LogP contribution in [0.4, 0.5) is 5.69 Å². The van der Waals surface area contributed by atoms with Crippen LogP contribution in [0.15, 0.2) is 71.6 Å². The normalized spacial score (nSPS) is 14.8. The summed E-state index contributed by atoms with van der Waals surface area (Å²) in [5.41, 5.74) is 1.72. The summed E-state index contributed by atoms with van der Waals surface area (Å²) >= 11 is 1.41. The van der Waals surface area contributed by atoms with Crippen LogP contribution < -0.4 is 14.8 Å². The van der Waals surface area contributed by atoms with Crippen LogP contribution in [0.1, 0.15) is 26.3 Å². The smallest absolute Gasteiger partial charge is 0.336 e. The highest BCUT2D eigenvalue weighted by molar-refractivity contribution is 8.00. The average Bonchev–Trinajstić information content (AvgIpc) is 3.40. The van der Waals surface area contributed by atoms with Crippen molar-refractivity contribution >= 4 is 35.2 Å². The van der Waals surface area contributed by atoms with Gasteiger partial charge in [0.15, 0.2) is 11.5 Å². The van der Waals surface area contributed by atoms with Crippen molar-refractivity contribution in [2.24, 2.45) is 0 Å². The SMILES string of the molecule is O=C(O)c1ccccc1C(=O)Nc1cccc(SCC(=O)N2CCN(Cc3ccc4c(c3)OCO4)CC2)c1. The fraction of sp³-hybridized carbons (Fsp3) is 0.250. The average molecular weight is 534 g/mol. The van der Waals surface area contributed by atoms with Crippen LogP contribution in [0, 0.1) is 0 Å². The van der Waals surface area contributed by atoms with Gasteiger partial charge in [-0.3, -0.25) is 14.5 Å². The Labute approximate surface area is 224 Å². The summed E-state index contributed by atoms with van der Waals surface area (Å²) in [5.74, 6) is 0.261. The molecule has 0 bridgehead atoms. The van der Waals surface area contributed by atoms with Gasteiger partial charge in [-0.2, -0.15) is 0 Å². The second-order valence-electron chi connectivity index (χ2n) is 8.97. The Balaban J connectivity index is 1.10. The topological polar surface area (TPSA) is 108 Å². The highest BCUT2D eigenvalue weighted by Crippen LogP contribution is 2.33. The third-order valence-electron chi connectivity index (χ3n) is 6.42. The Kier molecular flexibility index (Phi) is 7.81. The molecule has 1 saturated heterocycles. The largest absolute Gasteiger partial charge is 0.478 e. The Hall–Kier alpha value is -4.02. The van der Waals surface area contributed by atoms with Gasteiger partial charge in [0.05, 0.1) is 16.9 Å². The molecule has 0 saturated carbocycles. The van der Waals surface area contributed by atoms with E-state index in [0.717, 1.165) is 41.6 Å². The minimum Gasteiger partial charge on any atom is -0.478 e. The maximum atomic E-state index is 12.8. The zero-order valence-corrected chi connectivity index (χ0v) is 21.4. The van der Waals surface area contributed by atoms with Gasteiger partial charge in [0.1, 0.15) is 0 Å². The number of fused-ring (bicyclic) bond motifs is 1. The number of aromatic carboxylic acids is 1. The Morgan fingerprint density at radius 2 is 1.63 bits per heavy atom. The van der Waals surface area contributed by atoms with Crippen molar-refractivity contribution in [2.45, 2.75) is 11.4 Å². The number of rotatable bonds is 8.